The first-order chi connectivity index (χ1) is 7.75. The van der Waals surface area contributed by atoms with Crippen LogP contribution in [-0.4, -0.2) is 27.2 Å². The molecule has 2 rings (SSSR count). The molecule has 0 saturated heterocycles. The highest BCUT2D eigenvalue weighted by atomic mass is 16.3. The number of hydrogen-bond acceptors (Lipinski definition) is 4. The fourth-order valence-corrected chi connectivity index (χ4v) is 2.29. The van der Waals surface area contributed by atoms with Crippen LogP contribution in [0.4, 0.5) is 0 Å². The first-order valence-corrected chi connectivity index (χ1v) is 5.95. The number of nitrogens with one attached hydrogen (secondary N) is 1. The normalized spacial score (nSPS) is 27.6. The molecule has 1 saturated carbocycles. The lowest BCUT2D eigenvalue weighted by Gasteiger charge is -2.29. The van der Waals surface area contributed by atoms with Crippen LogP contribution in [0.5, 0.6) is 0 Å². The molecular weight excluding hydrogens is 202 g/mol. The second-order valence-electron chi connectivity index (χ2n) is 4.54. The molecule has 4 heteroatoms. The molecule has 1 aromatic heterocycles. The molecule has 0 spiro atoms. The summed E-state index contributed by atoms with van der Waals surface area (Å²) in [5, 5.41) is 13.1. The third kappa shape index (κ3) is 3.00. The number of aromatic nitrogens is 2. The smallest absolute Gasteiger partial charge is 0.0753 e. The zero-order valence-electron chi connectivity index (χ0n) is 9.63. The highest BCUT2D eigenvalue weighted by Crippen LogP contribution is 2.20. The number of rotatable bonds is 3. The fraction of sp³-hybridized carbons (Fsp3) is 0.667. The number of nitrogens with zero attached hydrogens (tertiary/aromatic N) is 2. The first-order valence-electron chi connectivity index (χ1n) is 5.95. The van der Waals surface area contributed by atoms with Gasteiger partial charge < -0.3 is 10.4 Å². The van der Waals surface area contributed by atoms with Gasteiger partial charge in [-0.1, -0.05) is 0 Å². The average molecular weight is 221 g/mol. The van der Waals surface area contributed by atoms with E-state index in [2.05, 4.69) is 22.2 Å². The minimum absolute atomic E-state index is 0.139. The summed E-state index contributed by atoms with van der Waals surface area (Å²) < 4.78 is 0. The Kier molecular flexibility index (Phi) is 3.85. The van der Waals surface area contributed by atoms with E-state index in [1.165, 1.54) is 0 Å². The van der Waals surface area contributed by atoms with Crippen LogP contribution in [0.2, 0.25) is 0 Å². The third-order valence-corrected chi connectivity index (χ3v) is 3.16. The van der Waals surface area contributed by atoms with E-state index in [4.69, 9.17) is 0 Å². The molecule has 1 heterocycles. The average Bonchev–Trinajstić information content (AvgIpc) is 2.30. The van der Waals surface area contributed by atoms with Crippen LogP contribution in [0.15, 0.2) is 18.6 Å². The van der Waals surface area contributed by atoms with Crippen LogP contribution in [0.1, 0.15) is 44.3 Å². The lowest BCUT2D eigenvalue weighted by molar-refractivity contribution is 0.109. The summed E-state index contributed by atoms with van der Waals surface area (Å²) in [6.45, 7) is 2.09. The van der Waals surface area contributed by atoms with Crippen LogP contribution >= 0.6 is 0 Å². The molecule has 1 fully saturated rings. The van der Waals surface area contributed by atoms with E-state index < -0.39 is 0 Å². The van der Waals surface area contributed by atoms with Gasteiger partial charge in [-0.15, -0.1) is 0 Å². The number of aliphatic hydroxyl groups is 1. The molecular formula is C12H19N3O. The summed E-state index contributed by atoms with van der Waals surface area (Å²) >= 11 is 0. The monoisotopic (exact) mass is 221 g/mol. The highest BCUT2D eigenvalue weighted by molar-refractivity contribution is 5.01. The summed E-state index contributed by atoms with van der Waals surface area (Å²) in [4.78, 5) is 8.34. The van der Waals surface area contributed by atoms with Crippen molar-refractivity contribution in [3.8, 4) is 0 Å². The summed E-state index contributed by atoms with van der Waals surface area (Å²) in [6.07, 6.45) is 9.08. The Morgan fingerprint density at radius 1 is 1.44 bits per heavy atom. The second-order valence-corrected chi connectivity index (χ2v) is 4.54. The summed E-state index contributed by atoms with van der Waals surface area (Å²) in [5.41, 5.74) is 0.961. The molecule has 2 N–H and O–H groups in total. The van der Waals surface area contributed by atoms with Crippen LogP contribution in [0, 0.1) is 0 Å². The molecule has 3 atom stereocenters. The van der Waals surface area contributed by atoms with Crippen molar-refractivity contribution in [2.24, 2.45) is 0 Å². The first kappa shape index (κ1) is 11.5. The number of aliphatic hydroxyl groups excluding tert-OH is 1. The Morgan fingerprint density at radius 2 is 2.31 bits per heavy atom. The Morgan fingerprint density at radius 3 is 3.00 bits per heavy atom. The largest absolute Gasteiger partial charge is 0.393 e. The Bertz CT molecular complexity index is 317. The van der Waals surface area contributed by atoms with E-state index in [1.54, 1.807) is 18.6 Å². The van der Waals surface area contributed by atoms with E-state index in [1.807, 2.05) is 0 Å². The van der Waals surface area contributed by atoms with Crippen molar-refractivity contribution in [2.75, 3.05) is 0 Å². The van der Waals surface area contributed by atoms with Crippen LogP contribution in [0.3, 0.4) is 0 Å². The molecule has 0 amide bonds. The van der Waals surface area contributed by atoms with Gasteiger partial charge in [0, 0.05) is 30.7 Å². The zero-order valence-corrected chi connectivity index (χ0v) is 9.63. The Balaban J connectivity index is 1.89. The van der Waals surface area contributed by atoms with Crippen LogP contribution in [-0.2, 0) is 0 Å². The maximum atomic E-state index is 9.60. The van der Waals surface area contributed by atoms with Gasteiger partial charge in [-0.25, -0.2) is 0 Å². The standard InChI is InChI=1S/C12H19N3O/c1-9(12-8-13-5-6-14-12)15-10-3-2-4-11(16)7-10/h5-6,8-11,15-16H,2-4,7H2,1H3. The lowest BCUT2D eigenvalue weighted by atomic mass is 9.92. The topological polar surface area (TPSA) is 58.0 Å². The quantitative estimate of drug-likeness (QED) is 0.810. The van der Waals surface area contributed by atoms with Crippen molar-refractivity contribution < 1.29 is 5.11 Å². The molecule has 1 aliphatic carbocycles. The van der Waals surface area contributed by atoms with Crippen LogP contribution in [0.25, 0.3) is 0 Å². The van der Waals surface area contributed by atoms with Gasteiger partial charge in [0.2, 0.25) is 0 Å². The lowest BCUT2D eigenvalue weighted by Crippen LogP contribution is -2.37. The second kappa shape index (κ2) is 5.37. The molecule has 0 radical (unpaired) electrons. The van der Waals surface area contributed by atoms with Gasteiger partial charge in [0.1, 0.15) is 0 Å². The van der Waals surface area contributed by atoms with Crippen molar-refractivity contribution in [2.45, 2.75) is 50.8 Å². The maximum Gasteiger partial charge on any atom is 0.0753 e. The minimum atomic E-state index is -0.139. The fourth-order valence-electron chi connectivity index (χ4n) is 2.29. The van der Waals surface area contributed by atoms with Crippen molar-refractivity contribution in [1.29, 1.82) is 0 Å². The molecule has 16 heavy (non-hydrogen) atoms. The van der Waals surface area contributed by atoms with Gasteiger partial charge >= 0.3 is 0 Å². The van der Waals surface area contributed by atoms with Crippen LogP contribution < -0.4 is 5.32 Å². The Hall–Kier alpha value is -1.00. The van der Waals surface area contributed by atoms with E-state index in [0.717, 1.165) is 31.4 Å². The van der Waals surface area contributed by atoms with Crippen molar-refractivity contribution in [3.63, 3.8) is 0 Å². The van der Waals surface area contributed by atoms with Crippen molar-refractivity contribution in [1.82, 2.24) is 15.3 Å². The third-order valence-electron chi connectivity index (χ3n) is 3.16. The molecule has 0 aliphatic heterocycles. The summed E-state index contributed by atoms with van der Waals surface area (Å²) in [6, 6.07) is 0.602. The predicted octanol–water partition coefficient (Wildman–Crippen LogP) is 1.43. The van der Waals surface area contributed by atoms with Crippen molar-refractivity contribution in [3.05, 3.63) is 24.3 Å². The molecule has 88 valence electrons. The molecule has 0 bridgehead atoms. The molecule has 1 aromatic rings. The van der Waals surface area contributed by atoms with E-state index in [0.29, 0.717) is 6.04 Å². The number of hydrogen-bond donors (Lipinski definition) is 2. The van der Waals surface area contributed by atoms with Gasteiger partial charge in [-0.05, 0) is 32.6 Å². The SMILES string of the molecule is CC(NC1CCCC(O)C1)c1cnccn1. The van der Waals surface area contributed by atoms with Gasteiger partial charge in [0.05, 0.1) is 11.8 Å². The van der Waals surface area contributed by atoms with E-state index in [-0.39, 0.29) is 12.1 Å². The van der Waals surface area contributed by atoms with E-state index in [9.17, 15) is 5.11 Å². The molecule has 1 aliphatic rings. The van der Waals surface area contributed by atoms with E-state index >= 15 is 0 Å². The van der Waals surface area contributed by atoms with Gasteiger partial charge in [-0.2, -0.15) is 0 Å². The highest BCUT2D eigenvalue weighted by Gasteiger charge is 2.21. The van der Waals surface area contributed by atoms with Gasteiger partial charge in [-0.3, -0.25) is 9.97 Å². The molecule has 3 unspecified atom stereocenters. The maximum absolute atomic E-state index is 9.60. The summed E-state index contributed by atoms with van der Waals surface area (Å²) in [7, 11) is 0. The Labute approximate surface area is 96.1 Å². The van der Waals surface area contributed by atoms with Gasteiger partial charge in [0.15, 0.2) is 0 Å². The molecule has 0 aromatic carbocycles. The zero-order chi connectivity index (χ0) is 11.4. The summed E-state index contributed by atoms with van der Waals surface area (Å²) in [5.74, 6) is 0. The minimum Gasteiger partial charge on any atom is -0.393 e. The van der Waals surface area contributed by atoms with Crippen molar-refractivity contribution >= 4 is 0 Å². The van der Waals surface area contributed by atoms with Gasteiger partial charge in [0.25, 0.3) is 0 Å². The predicted molar refractivity (Wildman–Crippen MR) is 61.8 cm³/mol. The molecule has 4 nitrogen and oxygen atoms in total.